The summed E-state index contributed by atoms with van der Waals surface area (Å²) in [5.41, 5.74) is 0.907. The predicted molar refractivity (Wildman–Crippen MR) is 67.7 cm³/mol. The first-order chi connectivity index (χ1) is 8.18. The fourth-order valence-electron chi connectivity index (χ4n) is 2.00. The van der Waals surface area contributed by atoms with Crippen LogP contribution in [0.5, 0.6) is 0 Å². The third-order valence-corrected chi connectivity index (χ3v) is 3.25. The van der Waals surface area contributed by atoms with Gasteiger partial charge in [-0.2, -0.15) is 0 Å². The Balaban J connectivity index is 2.19. The zero-order valence-corrected chi connectivity index (χ0v) is 10.2. The van der Waals surface area contributed by atoms with Crippen LogP contribution in [0.15, 0.2) is 24.3 Å². The van der Waals surface area contributed by atoms with Crippen molar-refractivity contribution >= 4 is 23.3 Å². The lowest BCUT2D eigenvalue weighted by Gasteiger charge is -2.25. The number of halogens is 1. The molecule has 0 saturated carbocycles. The van der Waals surface area contributed by atoms with E-state index in [1.807, 2.05) is 29.2 Å². The zero-order chi connectivity index (χ0) is 12.3. The summed E-state index contributed by atoms with van der Waals surface area (Å²) < 4.78 is 0. The molecule has 17 heavy (non-hydrogen) atoms. The summed E-state index contributed by atoms with van der Waals surface area (Å²) in [5, 5.41) is 12.9. The molecule has 0 amide bonds. The van der Waals surface area contributed by atoms with Crippen molar-refractivity contribution in [2.75, 3.05) is 31.1 Å². The van der Waals surface area contributed by atoms with Crippen molar-refractivity contribution in [2.45, 2.75) is 0 Å². The maximum Gasteiger partial charge on any atom is 0.309 e. The number of rotatable bonds is 2. The van der Waals surface area contributed by atoms with Gasteiger partial charge >= 0.3 is 5.97 Å². The first-order valence-electron chi connectivity index (χ1n) is 5.61. The number of aliphatic carboxylic acids is 1. The molecule has 0 spiro atoms. The summed E-state index contributed by atoms with van der Waals surface area (Å²) in [7, 11) is 0. The first kappa shape index (κ1) is 12.2. The number of para-hydroxylation sites is 1. The van der Waals surface area contributed by atoms with Gasteiger partial charge in [0.15, 0.2) is 0 Å². The first-order valence-corrected chi connectivity index (χ1v) is 5.99. The molecule has 1 saturated heterocycles. The highest BCUT2D eigenvalue weighted by molar-refractivity contribution is 6.33. The molecule has 1 atom stereocenters. The predicted octanol–water partition coefficient (Wildman–Crippen LogP) is 1.45. The van der Waals surface area contributed by atoms with Crippen LogP contribution in [0.4, 0.5) is 5.69 Å². The minimum atomic E-state index is -0.767. The molecule has 2 rings (SSSR count). The SMILES string of the molecule is O=C(O)C1CNCCN(c2ccccc2Cl)C1. The normalized spacial score (nSPS) is 21.0. The summed E-state index contributed by atoms with van der Waals surface area (Å²) >= 11 is 6.13. The van der Waals surface area contributed by atoms with E-state index in [9.17, 15) is 4.79 Å². The van der Waals surface area contributed by atoms with Gasteiger partial charge in [-0.1, -0.05) is 23.7 Å². The van der Waals surface area contributed by atoms with Gasteiger partial charge in [-0.3, -0.25) is 4.79 Å². The van der Waals surface area contributed by atoms with E-state index >= 15 is 0 Å². The third-order valence-electron chi connectivity index (χ3n) is 2.93. The third kappa shape index (κ3) is 2.90. The quantitative estimate of drug-likeness (QED) is 0.839. The van der Waals surface area contributed by atoms with Crippen LogP contribution in [0.2, 0.25) is 5.02 Å². The Bertz CT molecular complexity index is 411. The summed E-state index contributed by atoms with van der Waals surface area (Å²) in [6, 6.07) is 7.53. The number of hydrogen-bond acceptors (Lipinski definition) is 3. The van der Waals surface area contributed by atoms with Gasteiger partial charge in [-0.15, -0.1) is 0 Å². The van der Waals surface area contributed by atoms with Gasteiger partial charge in [0, 0.05) is 26.2 Å². The summed E-state index contributed by atoms with van der Waals surface area (Å²) in [5.74, 6) is -1.16. The molecular weight excluding hydrogens is 240 g/mol. The second kappa shape index (κ2) is 5.38. The highest BCUT2D eigenvalue weighted by Crippen LogP contribution is 2.26. The van der Waals surface area contributed by atoms with Crippen molar-refractivity contribution in [3.05, 3.63) is 29.3 Å². The van der Waals surface area contributed by atoms with E-state index in [0.717, 1.165) is 18.8 Å². The molecule has 0 bridgehead atoms. The lowest BCUT2D eigenvalue weighted by molar-refractivity contribution is -0.141. The summed E-state index contributed by atoms with van der Waals surface area (Å²) in [4.78, 5) is 13.1. The van der Waals surface area contributed by atoms with E-state index in [1.165, 1.54) is 0 Å². The minimum Gasteiger partial charge on any atom is -0.481 e. The van der Waals surface area contributed by atoms with Gasteiger partial charge in [0.2, 0.25) is 0 Å². The maximum atomic E-state index is 11.1. The Hall–Kier alpha value is -1.26. The molecule has 0 aromatic heterocycles. The van der Waals surface area contributed by atoms with Crippen LogP contribution in [0.1, 0.15) is 0 Å². The molecule has 1 heterocycles. The minimum absolute atomic E-state index is 0.395. The van der Waals surface area contributed by atoms with Crippen molar-refractivity contribution in [1.82, 2.24) is 5.32 Å². The number of carboxylic acid groups (broad SMARTS) is 1. The molecule has 1 fully saturated rings. The van der Waals surface area contributed by atoms with Crippen molar-refractivity contribution in [3.63, 3.8) is 0 Å². The molecule has 1 aromatic rings. The number of anilines is 1. The average Bonchev–Trinajstić information content (AvgIpc) is 2.55. The van der Waals surface area contributed by atoms with Crippen LogP contribution in [0.25, 0.3) is 0 Å². The van der Waals surface area contributed by atoms with E-state index in [-0.39, 0.29) is 0 Å². The van der Waals surface area contributed by atoms with Crippen LogP contribution in [0, 0.1) is 5.92 Å². The van der Waals surface area contributed by atoms with Crippen LogP contribution in [-0.2, 0) is 4.79 Å². The van der Waals surface area contributed by atoms with Gasteiger partial charge in [-0.25, -0.2) is 0 Å². The standard InChI is InChI=1S/C12H15ClN2O2/c13-10-3-1-2-4-11(10)15-6-5-14-7-9(8-15)12(16)17/h1-4,9,14H,5-8H2,(H,16,17). The average molecular weight is 255 g/mol. The van der Waals surface area contributed by atoms with Crippen molar-refractivity contribution in [1.29, 1.82) is 0 Å². The zero-order valence-electron chi connectivity index (χ0n) is 9.40. The van der Waals surface area contributed by atoms with E-state index < -0.39 is 11.9 Å². The van der Waals surface area contributed by atoms with Gasteiger partial charge in [0.05, 0.1) is 16.6 Å². The Kier molecular flexibility index (Phi) is 3.86. The Morgan fingerprint density at radius 2 is 2.24 bits per heavy atom. The molecule has 0 aliphatic carbocycles. The van der Waals surface area contributed by atoms with E-state index in [1.54, 1.807) is 0 Å². The topological polar surface area (TPSA) is 52.6 Å². The van der Waals surface area contributed by atoms with Gasteiger partial charge in [0.25, 0.3) is 0 Å². The van der Waals surface area contributed by atoms with E-state index in [2.05, 4.69) is 5.32 Å². The number of benzene rings is 1. The molecule has 5 heteroatoms. The highest BCUT2D eigenvalue weighted by atomic mass is 35.5. The molecule has 4 nitrogen and oxygen atoms in total. The molecule has 2 N–H and O–H groups in total. The second-order valence-corrected chi connectivity index (χ2v) is 4.54. The maximum absolute atomic E-state index is 11.1. The monoisotopic (exact) mass is 254 g/mol. The molecule has 0 radical (unpaired) electrons. The Labute approximate surface area is 105 Å². The largest absolute Gasteiger partial charge is 0.481 e. The van der Waals surface area contributed by atoms with E-state index in [0.29, 0.717) is 18.1 Å². The lowest BCUT2D eigenvalue weighted by Crippen LogP contribution is -2.33. The van der Waals surface area contributed by atoms with Crippen molar-refractivity contribution in [2.24, 2.45) is 5.92 Å². The van der Waals surface area contributed by atoms with Crippen LogP contribution < -0.4 is 10.2 Å². The smallest absolute Gasteiger partial charge is 0.309 e. The Morgan fingerprint density at radius 1 is 1.47 bits per heavy atom. The molecule has 92 valence electrons. The van der Waals surface area contributed by atoms with E-state index in [4.69, 9.17) is 16.7 Å². The van der Waals surface area contributed by atoms with Crippen LogP contribution in [0.3, 0.4) is 0 Å². The molecular formula is C12H15ClN2O2. The molecule has 1 aromatic carbocycles. The molecule has 1 aliphatic rings. The second-order valence-electron chi connectivity index (χ2n) is 4.14. The number of nitrogens with one attached hydrogen (secondary N) is 1. The highest BCUT2D eigenvalue weighted by Gasteiger charge is 2.24. The van der Waals surface area contributed by atoms with Crippen molar-refractivity contribution < 1.29 is 9.90 Å². The number of carboxylic acids is 1. The van der Waals surface area contributed by atoms with Crippen molar-refractivity contribution in [3.8, 4) is 0 Å². The molecule has 1 unspecified atom stereocenters. The number of hydrogen-bond donors (Lipinski definition) is 2. The number of carbonyl (C=O) groups is 1. The van der Waals surface area contributed by atoms with Crippen LogP contribution in [-0.4, -0.2) is 37.3 Å². The van der Waals surface area contributed by atoms with Gasteiger partial charge in [-0.05, 0) is 12.1 Å². The fraction of sp³-hybridized carbons (Fsp3) is 0.417. The molecule has 1 aliphatic heterocycles. The number of nitrogens with zero attached hydrogens (tertiary/aromatic N) is 1. The lowest BCUT2D eigenvalue weighted by atomic mass is 10.1. The summed E-state index contributed by atoms with van der Waals surface area (Å²) in [6.07, 6.45) is 0. The summed E-state index contributed by atoms with van der Waals surface area (Å²) in [6.45, 7) is 2.55. The Morgan fingerprint density at radius 3 is 2.94 bits per heavy atom. The van der Waals surface area contributed by atoms with Crippen LogP contribution >= 0.6 is 11.6 Å². The fourth-order valence-corrected chi connectivity index (χ4v) is 2.26. The van der Waals surface area contributed by atoms with Gasteiger partial charge < -0.3 is 15.3 Å². The van der Waals surface area contributed by atoms with Gasteiger partial charge in [0.1, 0.15) is 0 Å².